The molecule has 17 heavy (non-hydrogen) atoms. The van der Waals surface area contributed by atoms with Crippen LogP contribution in [0.2, 0.25) is 5.02 Å². The van der Waals surface area contributed by atoms with Crippen molar-refractivity contribution >= 4 is 23.4 Å². The second-order valence-electron chi connectivity index (χ2n) is 4.52. The van der Waals surface area contributed by atoms with Crippen LogP contribution in [0.15, 0.2) is 23.1 Å². The fraction of sp³-hybridized carbons (Fsp3) is 0.571. The zero-order valence-corrected chi connectivity index (χ0v) is 11.9. The first-order valence-electron chi connectivity index (χ1n) is 6.46. The molecule has 94 valence electrons. The van der Waals surface area contributed by atoms with Crippen molar-refractivity contribution in [3.05, 3.63) is 28.8 Å². The Morgan fingerprint density at radius 2 is 2.12 bits per heavy atom. The van der Waals surface area contributed by atoms with Crippen LogP contribution >= 0.6 is 23.4 Å². The lowest BCUT2D eigenvalue weighted by Gasteiger charge is -2.14. The summed E-state index contributed by atoms with van der Waals surface area (Å²) < 4.78 is 0. The Labute approximate surface area is 113 Å². The van der Waals surface area contributed by atoms with Gasteiger partial charge in [0.05, 0.1) is 0 Å². The highest BCUT2D eigenvalue weighted by atomic mass is 35.5. The fourth-order valence-corrected chi connectivity index (χ4v) is 3.96. The average Bonchev–Trinajstić information content (AvgIpc) is 2.81. The molecule has 1 aliphatic carbocycles. The Morgan fingerprint density at radius 1 is 1.35 bits per heavy atom. The molecular formula is C14H20ClNS. The highest BCUT2D eigenvalue weighted by Gasteiger charge is 2.18. The van der Waals surface area contributed by atoms with E-state index in [2.05, 4.69) is 24.4 Å². The number of hydrogen-bond donors (Lipinski definition) is 1. The monoisotopic (exact) mass is 269 g/mol. The second-order valence-corrected chi connectivity index (χ2v) is 6.27. The topological polar surface area (TPSA) is 12.0 Å². The van der Waals surface area contributed by atoms with Crippen LogP contribution in [-0.4, -0.2) is 11.8 Å². The van der Waals surface area contributed by atoms with Crippen molar-refractivity contribution in [3.63, 3.8) is 0 Å². The minimum Gasteiger partial charge on any atom is -0.313 e. The summed E-state index contributed by atoms with van der Waals surface area (Å²) in [6.07, 6.45) is 5.50. The van der Waals surface area contributed by atoms with E-state index in [0.29, 0.717) is 0 Å². The van der Waals surface area contributed by atoms with Gasteiger partial charge in [-0.1, -0.05) is 37.4 Å². The molecule has 0 aliphatic heterocycles. The summed E-state index contributed by atoms with van der Waals surface area (Å²) in [6.45, 7) is 3.99. The molecule has 1 saturated carbocycles. The smallest absolute Gasteiger partial charge is 0.0462 e. The van der Waals surface area contributed by atoms with Crippen LogP contribution in [0.3, 0.4) is 0 Å². The Bertz CT molecular complexity index is 361. The Balaban J connectivity index is 2.10. The van der Waals surface area contributed by atoms with Crippen molar-refractivity contribution in [2.24, 2.45) is 0 Å². The number of rotatable bonds is 5. The van der Waals surface area contributed by atoms with Crippen molar-refractivity contribution in [1.82, 2.24) is 5.32 Å². The zero-order chi connectivity index (χ0) is 12.1. The van der Waals surface area contributed by atoms with E-state index in [1.807, 2.05) is 17.8 Å². The van der Waals surface area contributed by atoms with Gasteiger partial charge < -0.3 is 5.32 Å². The molecule has 0 unspecified atom stereocenters. The maximum Gasteiger partial charge on any atom is 0.0462 e. The van der Waals surface area contributed by atoms with Crippen LogP contribution in [-0.2, 0) is 6.54 Å². The summed E-state index contributed by atoms with van der Waals surface area (Å²) in [5.41, 5.74) is 1.27. The van der Waals surface area contributed by atoms with Gasteiger partial charge >= 0.3 is 0 Å². The van der Waals surface area contributed by atoms with Crippen LogP contribution in [0.4, 0.5) is 0 Å². The molecule has 1 aromatic rings. The van der Waals surface area contributed by atoms with Gasteiger partial charge in [-0.25, -0.2) is 0 Å². The molecule has 1 fully saturated rings. The number of nitrogens with one attached hydrogen (secondary N) is 1. The van der Waals surface area contributed by atoms with Gasteiger partial charge in [0.1, 0.15) is 0 Å². The van der Waals surface area contributed by atoms with Crippen molar-refractivity contribution in [3.8, 4) is 0 Å². The van der Waals surface area contributed by atoms with Crippen molar-refractivity contribution in [1.29, 1.82) is 0 Å². The number of halogens is 1. The van der Waals surface area contributed by atoms with Gasteiger partial charge in [0.25, 0.3) is 0 Å². The van der Waals surface area contributed by atoms with Gasteiger partial charge in [0, 0.05) is 21.7 Å². The maximum atomic E-state index is 6.30. The van der Waals surface area contributed by atoms with Crippen LogP contribution < -0.4 is 5.32 Å². The SMILES string of the molecule is CCNCc1c(Cl)cccc1SC1CCCC1. The van der Waals surface area contributed by atoms with Gasteiger partial charge in [0.15, 0.2) is 0 Å². The van der Waals surface area contributed by atoms with E-state index in [-0.39, 0.29) is 0 Å². The maximum absolute atomic E-state index is 6.30. The third-order valence-corrected chi connectivity index (χ3v) is 5.02. The molecule has 1 N–H and O–H groups in total. The molecule has 0 heterocycles. The van der Waals surface area contributed by atoms with E-state index in [0.717, 1.165) is 23.4 Å². The van der Waals surface area contributed by atoms with E-state index in [4.69, 9.17) is 11.6 Å². The van der Waals surface area contributed by atoms with E-state index < -0.39 is 0 Å². The minimum absolute atomic E-state index is 0.800. The number of thioether (sulfide) groups is 1. The zero-order valence-electron chi connectivity index (χ0n) is 10.3. The molecule has 2 rings (SSSR count). The van der Waals surface area contributed by atoms with Crippen molar-refractivity contribution in [2.45, 2.75) is 49.3 Å². The Kier molecular flexibility index (Phi) is 5.20. The summed E-state index contributed by atoms with van der Waals surface area (Å²) in [5.74, 6) is 0. The predicted octanol–water partition coefficient (Wildman–Crippen LogP) is 4.48. The molecule has 1 aliphatic rings. The molecule has 0 saturated heterocycles. The summed E-state index contributed by atoms with van der Waals surface area (Å²) in [7, 11) is 0. The van der Waals surface area contributed by atoms with E-state index >= 15 is 0 Å². The molecule has 0 bridgehead atoms. The molecule has 0 amide bonds. The average molecular weight is 270 g/mol. The van der Waals surface area contributed by atoms with Crippen molar-refractivity contribution < 1.29 is 0 Å². The lowest BCUT2D eigenvalue weighted by Crippen LogP contribution is -2.13. The van der Waals surface area contributed by atoms with Crippen LogP contribution in [0.25, 0.3) is 0 Å². The van der Waals surface area contributed by atoms with Crippen molar-refractivity contribution in [2.75, 3.05) is 6.54 Å². The molecule has 1 nitrogen and oxygen atoms in total. The summed E-state index contributed by atoms with van der Waals surface area (Å²) in [4.78, 5) is 1.37. The van der Waals surface area contributed by atoms with E-state index in [1.54, 1.807) is 0 Å². The molecule has 0 spiro atoms. The normalized spacial score (nSPS) is 16.6. The van der Waals surface area contributed by atoms with Gasteiger partial charge in [-0.05, 0) is 37.1 Å². The molecule has 1 aromatic carbocycles. The second kappa shape index (κ2) is 6.67. The largest absolute Gasteiger partial charge is 0.313 e. The van der Waals surface area contributed by atoms with Gasteiger partial charge in [-0.3, -0.25) is 0 Å². The van der Waals surface area contributed by atoms with Gasteiger partial charge in [-0.15, -0.1) is 11.8 Å². The highest BCUT2D eigenvalue weighted by Crippen LogP contribution is 2.37. The van der Waals surface area contributed by atoms with Gasteiger partial charge in [0.2, 0.25) is 0 Å². The number of hydrogen-bond acceptors (Lipinski definition) is 2. The summed E-state index contributed by atoms with van der Waals surface area (Å²) in [5, 5.41) is 5.07. The first-order valence-corrected chi connectivity index (χ1v) is 7.71. The summed E-state index contributed by atoms with van der Waals surface area (Å²) >= 11 is 8.32. The van der Waals surface area contributed by atoms with E-state index in [9.17, 15) is 0 Å². The van der Waals surface area contributed by atoms with Crippen LogP contribution in [0.5, 0.6) is 0 Å². The lowest BCUT2D eigenvalue weighted by molar-refractivity contribution is 0.717. The van der Waals surface area contributed by atoms with Gasteiger partial charge in [-0.2, -0.15) is 0 Å². The third-order valence-electron chi connectivity index (χ3n) is 3.22. The standard InChI is InChI=1S/C14H20ClNS/c1-2-16-10-12-13(15)8-5-9-14(12)17-11-6-3-4-7-11/h5,8-9,11,16H,2-4,6-7,10H2,1H3. The molecule has 0 aromatic heterocycles. The third kappa shape index (κ3) is 3.64. The molecule has 0 atom stereocenters. The summed E-state index contributed by atoms with van der Waals surface area (Å²) in [6, 6.07) is 6.27. The first kappa shape index (κ1) is 13.3. The van der Waals surface area contributed by atoms with Crippen LogP contribution in [0.1, 0.15) is 38.2 Å². The predicted molar refractivity (Wildman–Crippen MR) is 76.9 cm³/mol. The van der Waals surface area contributed by atoms with Crippen LogP contribution in [0, 0.1) is 0 Å². The first-order chi connectivity index (χ1) is 8.31. The highest BCUT2D eigenvalue weighted by molar-refractivity contribution is 8.00. The Morgan fingerprint density at radius 3 is 2.82 bits per heavy atom. The Hall–Kier alpha value is -0.180. The van der Waals surface area contributed by atoms with E-state index in [1.165, 1.54) is 36.1 Å². The molecule has 0 radical (unpaired) electrons. The molecular weight excluding hydrogens is 250 g/mol. The lowest BCUT2D eigenvalue weighted by atomic mass is 10.2. The minimum atomic E-state index is 0.800. The quantitative estimate of drug-likeness (QED) is 0.846. The number of benzene rings is 1. The molecule has 3 heteroatoms. The fourth-order valence-electron chi connectivity index (χ4n) is 2.26.